The Labute approximate surface area is 131 Å². The van der Waals surface area contributed by atoms with Gasteiger partial charge in [-0.3, -0.25) is 0 Å². The van der Waals surface area contributed by atoms with Crippen LogP contribution < -0.4 is 5.32 Å². The number of anilines is 2. The number of aromatic nitrogens is 2. The molecule has 0 radical (unpaired) electrons. The number of hydrogen-bond acceptors (Lipinski definition) is 2. The quantitative estimate of drug-likeness (QED) is 0.815. The van der Waals surface area contributed by atoms with E-state index in [2.05, 4.69) is 10.4 Å². The van der Waals surface area contributed by atoms with E-state index in [1.807, 2.05) is 0 Å². The first-order valence-corrected chi connectivity index (χ1v) is 7.50. The first-order chi connectivity index (χ1) is 10.4. The Hall–Kier alpha value is -1.69. The SMILES string of the molecule is FC(F)(F)c1cc(Nc2cccc(Cl)c2)n(C2CCCC2)n1. The number of nitrogens with one attached hydrogen (secondary N) is 1. The molecule has 0 aliphatic heterocycles. The minimum atomic E-state index is -4.45. The van der Waals surface area contributed by atoms with Crippen molar-refractivity contribution >= 4 is 23.1 Å². The van der Waals surface area contributed by atoms with Crippen molar-refractivity contribution in [3.05, 3.63) is 41.0 Å². The zero-order chi connectivity index (χ0) is 15.7. The van der Waals surface area contributed by atoms with E-state index >= 15 is 0 Å². The Balaban J connectivity index is 1.95. The molecule has 2 aromatic rings. The molecule has 0 spiro atoms. The Kier molecular flexibility index (Phi) is 4.04. The maximum absolute atomic E-state index is 12.9. The van der Waals surface area contributed by atoms with Crippen molar-refractivity contribution in [1.82, 2.24) is 9.78 Å². The lowest BCUT2D eigenvalue weighted by Crippen LogP contribution is -2.12. The van der Waals surface area contributed by atoms with E-state index in [0.717, 1.165) is 31.7 Å². The minimum absolute atomic E-state index is 0.0118. The molecule has 22 heavy (non-hydrogen) atoms. The number of benzene rings is 1. The summed E-state index contributed by atoms with van der Waals surface area (Å²) < 4.78 is 40.3. The molecule has 0 amide bonds. The zero-order valence-corrected chi connectivity index (χ0v) is 12.5. The van der Waals surface area contributed by atoms with Gasteiger partial charge in [-0.05, 0) is 31.0 Å². The van der Waals surface area contributed by atoms with E-state index in [0.29, 0.717) is 16.5 Å². The third kappa shape index (κ3) is 3.21. The average molecular weight is 330 g/mol. The van der Waals surface area contributed by atoms with Gasteiger partial charge in [0.2, 0.25) is 0 Å². The number of halogens is 4. The number of nitrogens with zero attached hydrogens (tertiary/aromatic N) is 2. The molecule has 1 N–H and O–H groups in total. The summed E-state index contributed by atoms with van der Waals surface area (Å²) in [5.74, 6) is 0.349. The predicted octanol–water partition coefficient (Wildman–Crippen LogP) is 5.41. The fraction of sp³-hybridized carbons (Fsp3) is 0.400. The van der Waals surface area contributed by atoms with Gasteiger partial charge in [-0.25, -0.2) is 4.68 Å². The third-order valence-electron chi connectivity index (χ3n) is 3.79. The minimum Gasteiger partial charge on any atom is -0.340 e. The summed E-state index contributed by atoms with van der Waals surface area (Å²) in [6.07, 6.45) is -0.716. The molecule has 1 aliphatic rings. The molecule has 118 valence electrons. The largest absolute Gasteiger partial charge is 0.435 e. The van der Waals surface area contributed by atoms with Gasteiger partial charge < -0.3 is 5.32 Å². The van der Waals surface area contributed by atoms with Crippen molar-refractivity contribution < 1.29 is 13.2 Å². The maximum Gasteiger partial charge on any atom is 0.435 e. The van der Waals surface area contributed by atoms with Crippen LogP contribution in [0, 0.1) is 0 Å². The van der Waals surface area contributed by atoms with Crippen molar-refractivity contribution in [2.75, 3.05) is 5.32 Å². The van der Waals surface area contributed by atoms with Crippen LogP contribution in [-0.2, 0) is 6.18 Å². The highest BCUT2D eigenvalue weighted by Gasteiger charge is 2.36. The molecule has 1 fully saturated rings. The van der Waals surface area contributed by atoms with Crippen molar-refractivity contribution in [1.29, 1.82) is 0 Å². The molecular weight excluding hydrogens is 315 g/mol. The standard InChI is InChI=1S/C15H15ClF3N3/c16-10-4-3-5-11(8-10)20-14-9-13(15(17,18)19)21-22(14)12-6-1-2-7-12/h3-5,8-9,12,20H,1-2,6-7H2. The smallest absolute Gasteiger partial charge is 0.340 e. The number of hydrogen-bond donors (Lipinski definition) is 1. The van der Waals surface area contributed by atoms with Crippen LogP contribution in [0.4, 0.5) is 24.7 Å². The van der Waals surface area contributed by atoms with Crippen LogP contribution in [0.3, 0.4) is 0 Å². The Morgan fingerprint density at radius 2 is 1.91 bits per heavy atom. The number of alkyl halides is 3. The van der Waals surface area contributed by atoms with Crippen LogP contribution in [0.2, 0.25) is 5.02 Å². The molecule has 1 saturated carbocycles. The fourth-order valence-electron chi connectivity index (χ4n) is 2.77. The lowest BCUT2D eigenvalue weighted by molar-refractivity contribution is -0.141. The van der Waals surface area contributed by atoms with E-state index in [-0.39, 0.29) is 6.04 Å². The summed E-state index contributed by atoms with van der Waals surface area (Å²) in [5, 5.41) is 7.30. The van der Waals surface area contributed by atoms with Crippen LogP contribution in [0.25, 0.3) is 0 Å². The predicted molar refractivity (Wildman–Crippen MR) is 79.5 cm³/mol. The van der Waals surface area contributed by atoms with Crippen LogP contribution in [0.5, 0.6) is 0 Å². The third-order valence-corrected chi connectivity index (χ3v) is 4.03. The highest BCUT2D eigenvalue weighted by Crippen LogP contribution is 2.36. The van der Waals surface area contributed by atoms with Crippen LogP contribution in [-0.4, -0.2) is 9.78 Å². The topological polar surface area (TPSA) is 29.9 Å². The first kappa shape index (κ1) is 15.2. The fourth-order valence-corrected chi connectivity index (χ4v) is 2.96. The lowest BCUT2D eigenvalue weighted by atomic mass is 10.2. The molecule has 1 aromatic carbocycles. The normalized spacial score (nSPS) is 16.2. The van der Waals surface area contributed by atoms with Crippen molar-refractivity contribution in [2.45, 2.75) is 37.9 Å². The molecule has 0 saturated heterocycles. The monoisotopic (exact) mass is 329 g/mol. The van der Waals surface area contributed by atoms with Gasteiger partial charge in [0.15, 0.2) is 5.69 Å². The summed E-state index contributed by atoms with van der Waals surface area (Å²) in [5.41, 5.74) is -0.232. The van der Waals surface area contributed by atoms with Gasteiger partial charge in [0.05, 0.1) is 6.04 Å². The Morgan fingerprint density at radius 1 is 1.18 bits per heavy atom. The molecular formula is C15H15ClF3N3. The van der Waals surface area contributed by atoms with Crippen LogP contribution in [0.15, 0.2) is 30.3 Å². The summed E-state index contributed by atoms with van der Waals surface area (Å²) in [6.45, 7) is 0. The highest BCUT2D eigenvalue weighted by atomic mass is 35.5. The van der Waals surface area contributed by atoms with E-state index in [9.17, 15) is 13.2 Å². The maximum atomic E-state index is 12.9. The first-order valence-electron chi connectivity index (χ1n) is 7.13. The van der Waals surface area contributed by atoms with Gasteiger partial charge in [-0.15, -0.1) is 0 Å². The second-order valence-corrected chi connectivity index (χ2v) is 5.87. The van der Waals surface area contributed by atoms with Gasteiger partial charge in [0, 0.05) is 16.8 Å². The summed E-state index contributed by atoms with van der Waals surface area (Å²) in [7, 11) is 0. The molecule has 1 heterocycles. The van der Waals surface area contributed by atoms with Crippen LogP contribution in [0.1, 0.15) is 37.4 Å². The summed E-state index contributed by atoms with van der Waals surface area (Å²) in [6, 6.07) is 7.94. The van der Waals surface area contributed by atoms with Crippen molar-refractivity contribution in [3.63, 3.8) is 0 Å². The summed E-state index contributed by atoms with van der Waals surface area (Å²) >= 11 is 5.91. The second kappa shape index (κ2) is 5.83. The Bertz CT molecular complexity index is 660. The molecule has 3 rings (SSSR count). The molecule has 3 nitrogen and oxygen atoms in total. The molecule has 0 bridgehead atoms. The van der Waals surface area contributed by atoms with Gasteiger partial charge in [-0.1, -0.05) is 30.5 Å². The molecule has 1 aliphatic carbocycles. The van der Waals surface area contributed by atoms with Gasteiger partial charge in [0.1, 0.15) is 5.82 Å². The van der Waals surface area contributed by atoms with E-state index < -0.39 is 11.9 Å². The van der Waals surface area contributed by atoms with Crippen LogP contribution >= 0.6 is 11.6 Å². The number of rotatable bonds is 3. The van der Waals surface area contributed by atoms with E-state index in [4.69, 9.17) is 11.6 Å². The Morgan fingerprint density at radius 3 is 2.55 bits per heavy atom. The second-order valence-electron chi connectivity index (χ2n) is 5.43. The van der Waals surface area contributed by atoms with Crippen molar-refractivity contribution in [3.8, 4) is 0 Å². The average Bonchev–Trinajstić information content (AvgIpc) is 3.06. The lowest BCUT2D eigenvalue weighted by Gasteiger charge is -2.15. The van der Waals surface area contributed by atoms with Crippen molar-refractivity contribution in [2.24, 2.45) is 0 Å². The van der Waals surface area contributed by atoms with Gasteiger partial charge >= 0.3 is 6.18 Å². The van der Waals surface area contributed by atoms with Gasteiger partial charge in [-0.2, -0.15) is 18.3 Å². The highest BCUT2D eigenvalue weighted by molar-refractivity contribution is 6.30. The molecule has 7 heteroatoms. The van der Waals surface area contributed by atoms with E-state index in [1.165, 1.54) is 4.68 Å². The van der Waals surface area contributed by atoms with E-state index in [1.54, 1.807) is 24.3 Å². The zero-order valence-electron chi connectivity index (χ0n) is 11.7. The molecule has 0 atom stereocenters. The molecule has 0 unspecified atom stereocenters. The molecule has 1 aromatic heterocycles. The summed E-state index contributed by atoms with van der Waals surface area (Å²) in [4.78, 5) is 0. The van der Waals surface area contributed by atoms with Gasteiger partial charge in [0.25, 0.3) is 0 Å².